The van der Waals surface area contributed by atoms with E-state index in [-0.39, 0.29) is 24.3 Å². The maximum absolute atomic E-state index is 6.03. The Morgan fingerprint density at radius 2 is 2.04 bits per heavy atom. The molecule has 140 valence electrons. The average Bonchev–Trinajstić information content (AvgIpc) is 3.37. The molecule has 4 unspecified atom stereocenters. The van der Waals surface area contributed by atoms with Crippen molar-refractivity contribution >= 4 is 0 Å². The summed E-state index contributed by atoms with van der Waals surface area (Å²) >= 11 is 0. The van der Waals surface area contributed by atoms with Crippen LogP contribution in [0, 0.1) is 0 Å². The van der Waals surface area contributed by atoms with Gasteiger partial charge >= 0.3 is 0 Å². The number of ether oxygens (including phenoxy) is 3. The predicted octanol–water partition coefficient (Wildman–Crippen LogP) is 1.35. The Labute approximate surface area is 153 Å². The second kappa shape index (κ2) is 8.26. The van der Waals surface area contributed by atoms with Crippen LogP contribution in [0.2, 0.25) is 0 Å². The van der Waals surface area contributed by atoms with Gasteiger partial charge in [-0.1, -0.05) is 35.5 Å². The fourth-order valence-electron chi connectivity index (χ4n) is 3.80. The summed E-state index contributed by atoms with van der Waals surface area (Å²) in [7, 11) is 1.65. The molecular weight excluding hydrogens is 332 g/mol. The van der Waals surface area contributed by atoms with Crippen molar-refractivity contribution in [2.75, 3.05) is 26.9 Å². The molecule has 2 aliphatic rings. The highest BCUT2D eigenvalue weighted by molar-refractivity contribution is 5.14. The summed E-state index contributed by atoms with van der Waals surface area (Å²) in [5.41, 5.74) is 2.20. The van der Waals surface area contributed by atoms with Gasteiger partial charge in [-0.15, -0.1) is 5.10 Å². The molecule has 0 radical (unpaired) electrons. The Morgan fingerprint density at radius 3 is 2.88 bits per heavy atom. The Balaban J connectivity index is 1.26. The molecule has 0 amide bonds. The zero-order valence-corrected chi connectivity index (χ0v) is 15.1. The Bertz CT molecular complexity index is 693. The number of nitrogens with zero attached hydrogens (tertiary/aromatic N) is 3. The lowest BCUT2D eigenvalue weighted by atomic mass is 10.1. The van der Waals surface area contributed by atoms with Gasteiger partial charge in [0.15, 0.2) is 0 Å². The largest absolute Gasteiger partial charge is 0.378 e. The summed E-state index contributed by atoms with van der Waals surface area (Å²) in [4.78, 5) is 0. The summed E-state index contributed by atoms with van der Waals surface area (Å²) in [5.74, 6) is 0. The second-order valence-corrected chi connectivity index (χ2v) is 6.94. The monoisotopic (exact) mass is 358 g/mol. The van der Waals surface area contributed by atoms with Gasteiger partial charge in [-0.2, -0.15) is 0 Å². The Morgan fingerprint density at radius 1 is 1.19 bits per heavy atom. The minimum Gasteiger partial charge on any atom is -0.378 e. The summed E-state index contributed by atoms with van der Waals surface area (Å²) in [6.07, 6.45) is 4.21. The van der Waals surface area contributed by atoms with Crippen molar-refractivity contribution in [1.29, 1.82) is 0 Å². The van der Waals surface area contributed by atoms with Crippen LogP contribution in [0.5, 0.6) is 0 Å². The molecule has 26 heavy (non-hydrogen) atoms. The number of methoxy groups -OCH3 is 1. The molecule has 0 spiro atoms. The highest BCUT2D eigenvalue weighted by Gasteiger charge is 2.48. The van der Waals surface area contributed by atoms with Crippen LogP contribution in [0.1, 0.15) is 23.7 Å². The number of aryl methyl sites for hydroxylation is 1. The third kappa shape index (κ3) is 3.81. The van der Waals surface area contributed by atoms with E-state index in [0.29, 0.717) is 19.8 Å². The fraction of sp³-hybridized carbons (Fsp3) is 0.579. The molecule has 0 saturated carbocycles. The Hall–Kier alpha value is -1.80. The zero-order valence-electron chi connectivity index (χ0n) is 15.1. The van der Waals surface area contributed by atoms with Crippen LogP contribution < -0.4 is 5.32 Å². The van der Waals surface area contributed by atoms with Crippen LogP contribution >= 0.6 is 0 Å². The van der Waals surface area contributed by atoms with E-state index in [4.69, 9.17) is 14.2 Å². The number of aromatic nitrogens is 3. The van der Waals surface area contributed by atoms with Gasteiger partial charge in [0.05, 0.1) is 32.1 Å². The van der Waals surface area contributed by atoms with Gasteiger partial charge in [0, 0.05) is 7.11 Å². The number of fused-ring (bicyclic) bond motifs is 1. The molecule has 1 aromatic heterocycles. The molecule has 2 fully saturated rings. The first-order valence-electron chi connectivity index (χ1n) is 9.25. The molecule has 7 heteroatoms. The van der Waals surface area contributed by atoms with E-state index in [2.05, 4.69) is 46.0 Å². The van der Waals surface area contributed by atoms with Crippen LogP contribution in [-0.2, 0) is 27.2 Å². The topological polar surface area (TPSA) is 70.4 Å². The first-order chi connectivity index (χ1) is 12.8. The average molecular weight is 358 g/mol. The molecule has 1 aromatic carbocycles. The number of nitrogens with one attached hydrogen (secondary N) is 1. The van der Waals surface area contributed by atoms with Gasteiger partial charge in [-0.3, -0.25) is 0 Å². The van der Waals surface area contributed by atoms with E-state index >= 15 is 0 Å². The lowest BCUT2D eigenvalue weighted by molar-refractivity contribution is 0.0620. The molecule has 2 aromatic rings. The lowest BCUT2D eigenvalue weighted by Crippen LogP contribution is -2.41. The first kappa shape index (κ1) is 17.6. The number of hydrogen-bond acceptors (Lipinski definition) is 6. The molecule has 4 atom stereocenters. The van der Waals surface area contributed by atoms with Crippen LogP contribution in [0.3, 0.4) is 0 Å². The molecule has 0 bridgehead atoms. The van der Waals surface area contributed by atoms with Crippen molar-refractivity contribution in [1.82, 2.24) is 20.3 Å². The lowest BCUT2D eigenvalue weighted by Gasteiger charge is -2.17. The maximum Gasteiger partial charge on any atom is 0.110 e. The standard InChI is InChI=1S/C19H26N4O3/c1-24-11-15-10-23(22-21-15)17-13-26-18-16(12-25-19(17)18)20-9-5-8-14-6-3-2-4-7-14/h2-4,6-7,10,16-20H,5,8-9,11-13H2,1H3. The van der Waals surface area contributed by atoms with Crippen LogP contribution in [0.15, 0.2) is 36.5 Å². The molecule has 3 heterocycles. The van der Waals surface area contributed by atoms with Crippen molar-refractivity contribution in [3.8, 4) is 0 Å². The number of rotatable bonds is 8. The van der Waals surface area contributed by atoms with Crippen molar-refractivity contribution in [2.24, 2.45) is 0 Å². The number of benzene rings is 1. The summed E-state index contributed by atoms with van der Waals surface area (Å²) < 4.78 is 19.0. The maximum atomic E-state index is 6.03. The Kier molecular flexibility index (Phi) is 5.59. The van der Waals surface area contributed by atoms with Gasteiger partial charge in [-0.25, -0.2) is 4.68 Å². The normalized spacial score (nSPS) is 27.7. The SMILES string of the molecule is COCc1cn(C2COC3C(NCCCc4ccccc4)COC32)nn1. The smallest absolute Gasteiger partial charge is 0.110 e. The molecule has 4 rings (SSSR count). The summed E-state index contributed by atoms with van der Waals surface area (Å²) in [6, 6.07) is 10.9. The van der Waals surface area contributed by atoms with Crippen molar-refractivity contribution in [3.05, 3.63) is 47.8 Å². The fourth-order valence-corrected chi connectivity index (χ4v) is 3.80. The summed E-state index contributed by atoms with van der Waals surface area (Å²) in [6.45, 7) is 2.71. The van der Waals surface area contributed by atoms with Crippen LogP contribution in [0.25, 0.3) is 0 Å². The third-order valence-electron chi connectivity index (χ3n) is 5.11. The van der Waals surface area contributed by atoms with Gasteiger partial charge in [0.25, 0.3) is 0 Å². The predicted molar refractivity (Wildman–Crippen MR) is 95.8 cm³/mol. The van der Waals surface area contributed by atoms with Crippen molar-refractivity contribution in [2.45, 2.75) is 43.7 Å². The van der Waals surface area contributed by atoms with Crippen molar-refractivity contribution < 1.29 is 14.2 Å². The van der Waals surface area contributed by atoms with E-state index in [0.717, 1.165) is 25.1 Å². The first-order valence-corrected chi connectivity index (χ1v) is 9.25. The van der Waals surface area contributed by atoms with Gasteiger partial charge in [0.2, 0.25) is 0 Å². The molecular formula is C19H26N4O3. The molecule has 7 nitrogen and oxygen atoms in total. The van der Waals surface area contributed by atoms with Crippen molar-refractivity contribution in [3.63, 3.8) is 0 Å². The molecule has 2 aliphatic heterocycles. The van der Waals surface area contributed by atoms with E-state index in [1.807, 2.05) is 10.9 Å². The van der Waals surface area contributed by atoms with Gasteiger partial charge in [0.1, 0.15) is 23.9 Å². The van der Waals surface area contributed by atoms with E-state index in [1.165, 1.54) is 5.56 Å². The highest BCUT2D eigenvalue weighted by atomic mass is 16.6. The van der Waals surface area contributed by atoms with E-state index < -0.39 is 0 Å². The summed E-state index contributed by atoms with van der Waals surface area (Å²) in [5, 5.41) is 12.0. The molecule has 0 aliphatic carbocycles. The zero-order chi connectivity index (χ0) is 17.8. The van der Waals surface area contributed by atoms with Crippen LogP contribution in [-0.4, -0.2) is 60.1 Å². The minimum absolute atomic E-state index is 0.0266. The van der Waals surface area contributed by atoms with Gasteiger partial charge < -0.3 is 19.5 Å². The highest BCUT2D eigenvalue weighted by Crippen LogP contribution is 2.33. The number of hydrogen-bond donors (Lipinski definition) is 1. The van der Waals surface area contributed by atoms with Crippen LogP contribution in [0.4, 0.5) is 0 Å². The third-order valence-corrected chi connectivity index (χ3v) is 5.11. The molecule has 1 N–H and O–H groups in total. The van der Waals surface area contributed by atoms with E-state index in [9.17, 15) is 0 Å². The molecule has 2 saturated heterocycles. The van der Waals surface area contributed by atoms with E-state index in [1.54, 1.807) is 7.11 Å². The van der Waals surface area contributed by atoms with Gasteiger partial charge in [-0.05, 0) is 24.9 Å². The minimum atomic E-state index is 0.0266. The second-order valence-electron chi connectivity index (χ2n) is 6.94. The quantitative estimate of drug-likeness (QED) is 0.719.